The Morgan fingerprint density at radius 2 is 1.71 bits per heavy atom. The summed E-state index contributed by atoms with van der Waals surface area (Å²) in [6.07, 6.45) is 7.56. The van der Waals surface area contributed by atoms with Crippen molar-refractivity contribution in [2.75, 3.05) is 22.1 Å². The molecule has 8 heteroatoms. The SMILES string of the molecule is CCN(c1ccc(C2(C(=O)O)CCC2)cc1NC(=O)Nc1ccc(F)cc1F)C1CCCCC1. The third kappa shape index (κ3) is 4.72. The van der Waals surface area contributed by atoms with E-state index in [1.165, 1.54) is 6.42 Å². The van der Waals surface area contributed by atoms with Crippen LogP contribution in [0.4, 0.5) is 30.6 Å². The molecular formula is C26H31F2N3O3. The normalized spacial score (nSPS) is 17.5. The predicted octanol–water partition coefficient (Wildman–Crippen LogP) is 6.27. The van der Waals surface area contributed by atoms with E-state index in [9.17, 15) is 23.5 Å². The van der Waals surface area contributed by atoms with Crippen molar-refractivity contribution in [1.29, 1.82) is 0 Å². The van der Waals surface area contributed by atoms with Crippen LogP contribution in [-0.2, 0) is 10.2 Å². The van der Waals surface area contributed by atoms with E-state index < -0.39 is 29.0 Å². The Labute approximate surface area is 198 Å². The molecule has 0 aliphatic heterocycles. The molecule has 2 amide bonds. The van der Waals surface area contributed by atoms with Crippen LogP contribution in [0.15, 0.2) is 36.4 Å². The highest BCUT2D eigenvalue weighted by Crippen LogP contribution is 2.46. The molecule has 0 saturated heterocycles. The topological polar surface area (TPSA) is 81.7 Å². The lowest BCUT2D eigenvalue weighted by atomic mass is 9.64. The number of benzene rings is 2. The van der Waals surface area contributed by atoms with E-state index in [2.05, 4.69) is 22.5 Å². The molecule has 6 nitrogen and oxygen atoms in total. The molecule has 2 aromatic carbocycles. The largest absolute Gasteiger partial charge is 0.481 e. The molecule has 2 aromatic rings. The zero-order chi connectivity index (χ0) is 24.3. The van der Waals surface area contributed by atoms with E-state index in [1.807, 2.05) is 12.1 Å². The van der Waals surface area contributed by atoms with Gasteiger partial charge in [-0.15, -0.1) is 0 Å². The lowest BCUT2D eigenvalue weighted by Gasteiger charge is -2.40. The van der Waals surface area contributed by atoms with Crippen molar-refractivity contribution >= 4 is 29.1 Å². The molecule has 0 bridgehead atoms. The fourth-order valence-electron chi connectivity index (χ4n) is 5.23. The van der Waals surface area contributed by atoms with Gasteiger partial charge in [0, 0.05) is 18.7 Å². The number of halogens is 2. The Hall–Kier alpha value is -3.16. The van der Waals surface area contributed by atoms with Crippen LogP contribution in [0.3, 0.4) is 0 Å². The number of carbonyl (C=O) groups is 2. The average molecular weight is 472 g/mol. The zero-order valence-electron chi connectivity index (χ0n) is 19.4. The van der Waals surface area contributed by atoms with E-state index in [4.69, 9.17) is 0 Å². The second-order valence-electron chi connectivity index (χ2n) is 9.25. The molecule has 0 atom stereocenters. The van der Waals surface area contributed by atoms with Crippen LogP contribution in [0, 0.1) is 11.6 Å². The fraction of sp³-hybridized carbons (Fsp3) is 0.462. The first-order valence-electron chi connectivity index (χ1n) is 12.0. The zero-order valence-corrected chi connectivity index (χ0v) is 19.4. The summed E-state index contributed by atoms with van der Waals surface area (Å²) in [6.45, 7) is 2.79. The summed E-state index contributed by atoms with van der Waals surface area (Å²) in [5, 5.41) is 15.1. The van der Waals surface area contributed by atoms with Gasteiger partial charge in [-0.05, 0) is 62.4 Å². The second-order valence-corrected chi connectivity index (χ2v) is 9.25. The first-order valence-corrected chi connectivity index (χ1v) is 12.0. The summed E-state index contributed by atoms with van der Waals surface area (Å²) >= 11 is 0. The molecule has 2 saturated carbocycles. The van der Waals surface area contributed by atoms with E-state index >= 15 is 0 Å². The van der Waals surface area contributed by atoms with Crippen molar-refractivity contribution < 1.29 is 23.5 Å². The Morgan fingerprint density at radius 1 is 1.00 bits per heavy atom. The number of nitrogens with zero attached hydrogens (tertiary/aromatic N) is 1. The molecule has 0 radical (unpaired) electrons. The van der Waals surface area contributed by atoms with Gasteiger partial charge in [0.2, 0.25) is 0 Å². The minimum absolute atomic E-state index is 0.141. The number of carbonyl (C=O) groups excluding carboxylic acids is 1. The first kappa shape index (κ1) is 24.0. The molecule has 34 heavy (non-hydrogen) atoms. The van der Waals surface area contributed by atoms with Gasteiger partial charge in [-0.3, -0.25) is 4.79 Å². The molecule has 2 aliphatic rings. The van der Waals surface area contributed by atoms with Crippen LogP contribution in [-0.4, -0.2) is 29.7 Å². The lowest BCUT2D eigenvalue weighted by Crippen LogP contribution is -2.42. The monoisotopic (exact) mass is 471 g/mol. The minimum Gasteiger partial charge on any atom is -0.481 e. The predicted molar refractivity (Wildman–Crippen MR) is 128 cm³/mol. The molecule has 2 aliphatic carbocycles. The third-order valence-electron chi connectivity index (χ3n) is 7.26. The lowest BCUT2D eigenvalue weighted by molar-refractivity contribution is -0.147. The number of urea groups is 1. The van der Waals surface area contributed by atoms with Crippen LogP contribution in [0.2, 0.25) is 0 Å². The summed E-state index contributed by atoms with van der Waals surface area (Å²) < 4.78 is 27.3. The van der Waals surface area contributed by atoms with Crippen molar-refractivity contribution in [3.63, 3.8) is 0 Å². The van der Waals surface area contributed by atoms with E-state index in [-0.39, 0.29) is 5.69 Å². The van der Waals surface area contributed by atoms with Crippen molar-refractivity contribution in [2.24, 2.45) is 0 Å². The fourth-order valence-corrected chi connectivity index (χ4v) is 5.23. The number of aliphatic carboxylic acids is 1. The number of hydrogen-bond donors (Lipinski definition) is 3. The molecule has 0 aromatic heterocycles. The van der Waals surface area contributed by atoms with Gasteiger partial charge in [0.05, 0.1) is 22.5 Å². The van der Waals surface area contributed by atoms with E-state index in [0.717, 1.165) is 56.5 Å². The molecule has 2 fully saturated rings. The van der Waals surface area contributed by atoms with Crippen LogP contribution < -0.4 is 15.5 Å². The van der Waals surface area contributed by atoms with Crippen LogP contribution >= 0.6 is 0 Å². The van der Waals surface area contributed by atoms with Gasteiger partial charge in [-0.2, -0.15) is 0 Å². The van der Waals surface area contributed by atoms with Crippen LogP contribution in [0.1, 0.15) is 63.9 Å². The van der Waals surface area contributed by atoms with Gasteiger partial charge in [0.25, 0.3) is 0 Å². The number of rotatable bonds is 7. The van der Waals surface area contributed by atoms with Crippen molar-refractivity contribution in [3.8, 4) is 0 Å². The van der Waals surface area contributed by atoms with Crippen LogP contribution in [0.5, 0.6) is 0 Å². The number of amides is 2. The Morgan fingerprint density at radius 3 is 2.29 bits per heavy atom. The molecule has 4 rings (SSSR count). The summed E-state index contributed by atoms with van der Waals surface area (Å²) in [4.78, 5) is 27.2. The standard InChI is InChI=1S/C26H31F2N3O3/c1-2-31(19-7-4-3-5-8-19)23-12-9-17(26(24(32)33)13-6-14-26)15-22(23)30-25(34)29-21-11-10-18(27)16-20(21)28/h9-12,15-16,19H,2-8,13-14H2,1H3,(H,32,33)(H2,29,30,34). The average Bonchev–Trinajstić information content (AvgIpc) is 2.77. The number of anilines is 3. The van der Waals surface area contributed by atoms with E-state index in [1.54, 1.807) is 6.07 Å². The Balaban J connectivity index is 1.67. The minimum atomic E-state index is -0.948. The highest BCUT2D eigenvalue weighted by molar-refractivity contribution is 6.02. The number of carboxylic acids is 1. The van der Waals surface area contributed by atoms with Crippen molar-refractivity contribution in [3.05, 3.63) is 53.6 Å². The quantitative estimate of drug-likeness (QED) is 0.444. The molecular weight excluding hydrogens is 440 g/mol. The maximum absolute atomic E-state index is 14.1. The van der Waals surface area contributed by atoms with Gasteiger partial charge in [-0.25, -0.2) is 13.6 Å². The van der Waals surface area contributed by atoms with Crippen LogP contribution in [0.25, 0.3) is 0 Å². The third-order valence-corrected chi connectivity index (χ3v) is 7.26. The molecule has 0 heterocycles. The van der Waals surface area contributed by atoms with Crippen molar-refractivity contribution in [2.45, 2.75) is 69.7 Å². The maximum Gasteiger partial charge on any atom is 0.323 e. The first-order chi connectivity index (χ1) is 16.3. The second kappa shape index (κ2) is 9.99. The van der Waals surface area contributed by atoms with Gasteiger partial charge >= 0.3 is 12.0 Å². The van der Waals surface area contributed by atoms with Gasteiger partial charge in [0.1, 0.15) is 11.6 Å². The molecule has 0 unspecified atom stereocenters. The smallest absolute Gasteiger partial charge is 0.323 e. The van der Waals surface area contributed by atoms with E-state index in [0.29, 0.717) is 36.2 Å². The number of hydrogen-bond acceptors (Lipinski definition) is 3. The molecule has 0 spiro atoms. The molecule has 182 valence electrons. The van der Waals surface area contributed by atoms with Crippen molar-refractivity contribution in [1.82, 2.24) is 0 Å². The number of nitrogens with one attached hydrogen (secondary N) is 2. The summed E-state index contributed by atoms with van der Waals surface area (Å²) in [6, 6.07) is 8.09. The van der Waals surface area contributed by atoms with Gasteiger partial charge in [-0.1, -0.05) is 31.7 Å². The van der Waals surface area contributed by atoms with Gasteiger partial charge < -0.3 is 20.6 Å². The highest BCUT2D eigenvalue weighted by Gasteiger charge is 2.46. The summed E-state index contributed by atoms with van der Waals surface area (Å²) in [7, 11) is 0. The van der Waals surface area contributed by atoms with Gasteiger partial charge in [0.15, 0.2) is 0 Å². The number of carboxylic acid groups (broad SMARTS) is 1. The highest BCUT2D eigenvalue weighted by atomic mass is 19.1. The maximum atomic E-state index is 14.1. The Kier molecular flexibility index (Phi) is 7.05. The Bertz CT molecular complexity index is 1070. The summed E-state index contributed by atoms with van der Waals surface area (Å²) in [5.41, 5.74) is 0.858. The summed E-state index contributed by atoms with van der Waals surface area (Å²) in [5.74, 6) is -2.47. The molecule has 3 N–H and O–H groups in total.